The lowest BCUT2D eigenvalue weighted by Gasteiger charge is -2.33. The zero-order valence-electron chi connectivity index (χ0n) is 16.0. The molecule has 2 heterocycles. The summed E-state index contributed by atoms with van der Waals surface area (Å²) >= 11 is 6.00. The molecule has 1 aromatic carbocycles. The highest BCUT2D eigenvalue weighted by atomic mass is 35.5. The number of nitrogens with one attached hydrogen (secondary N) is 1. The Hall–Kier alpha value is -2.61. The molecule has 1 saturated heterocycles. The average Bonchev–Trinajstić information content (AvgIpc) is 3.20. The number of piperidine rings is 1. The highest BCUT2D eigenvalue weighted by molar-refractivity contribution is 6.30. The standard InChI is InChI=1S/C19H24ClN5O3/c1-21-19(25-10-7-13(8-11-25)18(26)27-2)22-9-6-16-23-17(24-28-16)14-4-3-5-15(20)12-14/h3-5,12-13H,6-11H2,1-2H3,(H,21,22). The van der Waals surface area contributed by atoms with Crippen LogP contribution in [0.3, 0.4) is 0 Å². The summed E-state index contributed by atoms with van der Waals surface area (Å²) in [5.41, 5.74) is 0.819. The van der Waals surface area contributed by atoms with Crippen LogP contribution in [0.4, 0.5) is 0 Å². The van der Waals surface area contributed by atoms with E-state index in [2.05, 4.69) is 25.3 Å². The zero-order chi connectivity index (χ0) is 19.9. The van der Waals surface area contributed by atoms with Gasteiger partial charge in [-0.05, 0) is 25.0 Å². The summed E-state index contributed by atoms with van der Waals surface area (Å²) in [6, 6.07) is 7.34. The minimum atomic E-state index is -0.130. The summed E-state index contributed by atoms with van der Waals surface area (Å²) in [7, 11) is 3.18. The van der Waals surface area contributed by atoms with Gasteiger partial charge in [-0.2, -0.15) is 4.98 Å². The van der Waals surface area contributed by atoms with Gasteiger partial charge in [0.1, 0.15) is 0 Å². The van der Waals surface area contributed by atoms with Crippen LogP contribution in [0.25, 0.3) is 11.4 Å². The Labute approximate surface area is 168 Å². The number of rotatable bonds is 5. The number of hydrogen-bond acceptors (Lipinski definition) is 6. The number of guanidine groups is 1. The van der Waals surface area contributed by atoms with Gasteiger partial charge in [0.25, 0.3) is 0 Å². The van der Waals surface area contributed by atoms with E-state index < -0.39 is 0 Å². The van der Waals surface area contributed by atoms with E-state index >= 15 is 0 Å². The first-order valence-corrected chi connectivity index (χ1v) is 9.60. The van der Waals surface area contributed by atoms with E-state index in [1.165, 1.54) is 7.11 Å². The molecule has 3 rings (SSSR count). The van der Waals surface area contributed by atoms with E-state index in [9.17, 15) is 4.79 Å². The highest BCUT2D eigenvalue weighted by Gasteiger charge is 2.26. The molecule has 0 aliphatic carbocycles. The molecular weight excluding hydrogens is 382 g/mol. The summed E-state index contributed by atoms with van der Waals surface area (Å²) in [5.74, 6) is 1.71. The Bertz CT molecular complexity index is 830. The summed E-state index contributed by atoms with van der Waals surface area (Å²) in [5, 5.41) is 7.96. The van der Waals surface area contributed by atoms with Gasteiger partial charge in [-0.15, -0.1) is 0 Å². The largest absolute Gasteiger partial charge is 0.469 e. The first-order valence-electron chi connectivity index (χ1n) is 9.22. The molecule has 0 amide bonds. The van der Waals surface area contributed by atoms with E-state index in [4.69, 9.17) is 20.9 Å². The van der Waals surface area contributed by atoms with E-state index in [1.54, 1.807) is 19.2 Å². The molecule has 1 aliphatic heterocycles. The molecule has 0 saturated carbocycles. The van der Waals surface area contributed by atoms with Crippen molar-refractivity contribution in [2.24, 2.45) is 10.9 Å². The SMILES string of the molecule is CN=C(NCCc1nc(-c2cccc(Cl)c2)no1)N1CCC(C(=O)OC)CC1. The third kappa shape index (κ3) is 5.01. The van der Waals surface area contributed by atoms with Crippen molar-refractivity contribution in [3.63, 3.8) is 0 Å². The van der Waals surface area contributed by atoms with Gasteiger partial charge in [0.05, 0.1) is 13.0 Å². The van der Waals surface area contributed by atoms with Crippen LogP contribution in [0.2, 0.25) is 5.02 Å². The van der Waals surface area contributed by atoms with Crippen molar-refractivity contribution in [2.75, 3.05) is 33.8 Å². The summed E-state index contributed by atoms with van der Waals surface area (Å²) < 4.78 is 10.2. The second kappa shape index (κ2) is 9.54. The number of carbonyl (C=O) groups excluding carboxylic acids is 1. The molecule has 28 heavy (non-hydrogen) atoms. The molecule has 150 valence electrons. The average molecular weight is 406 g/mol. The molecule has 0 radical (unpaired) electrons. The van der Waals surface area contributed by atoms with Gasteiger partial charge in [-0.1, -0.05) is 28.9 Å². The Morgan fingerprint density at radius 1 is 1.43 bits per heavy atom. The van der Waals surface area contributed by atoms with Crippen LogP contribution in [0.1, 0.15) is 18.7 Å². The van der Waals surface area contributed by atoms with E-state index in [0.29, 0.717) is 29.7 Å². The molecule has 1 N–H and O–H groups in total. The van der Waals surface area contributed by atoms with Gasteiger partial charge in [-0.25, -0.2) is 0 Å². The van der Waals surface area contributed by atoms with Crippen LogP contribution < -0.4 is 5.32 Å². The number of halogens is 1. The van der Waals surface area contributed by atoms with Crippen molar-refractivity contribution in [2.45, 2.75) is 19.3 Å². The van der Waals surface area contributed by atoms with E-state index in [1.807, 2.05) is 12.1 Å². The summed E-state index contributed by atoms with van der Waals surface area (Å²) in [6.45, 7) is 2.14. The summed E-state index contributed by atoms with van der Waals surface area (Å²) in [4.78, 5) is 22.5. The van der Waals surface area contributed by atoms with Crippen molar-refractivity contribution in [1.82, 2.24) is 20.4 Å². The highest BCUT2D eigenvalue weighted by Crippen LogP contribution is 2.20. The van der Waals surface area contributed by atoms with Crippen molar-refractivity contribution in [3.05, 3.63) is 35.2 Å². The van der Waals surface area contributed by atoms with Crippen molar-refractivity contribution < 1.29 is 14.1 Å². The first-order chi connectivity index (χ1) is 13.6. The minimum absolute atomic E-state index is 0.0253. The van der Waals surface area contributed by atoms with Gasteiger partial charge >= 0.3 is 5.97 Å². The number of hydrogen-bond donors (Lipinski definition) is 1. The second-order valence-corrected chi connectivity index (χ2v) is 6.97. The van der Waals surface area contributed by atoms with Crippen LogP contribution in [-0.4, -0.2) is 60.8 Å². The number of benzene rings is 1. The predicted molar refractivity (Wildman–Crippen MR) is 106 cm³/mol. The Kier molecular flexibility index (Phi) is 6.86. The van der Waals surface area contributed by atoms with Crippen LogP contribution in [0.5, 0.6) is 0 Å². The lowest BCUT2D eigenvalue weighted by molar-refractivity contribution is -0.146. The van der Waals surface area contributed by atoms with Gasteiger partial charge in [-0.3, -0.25) is 9.79 Å². The maximum Gasteiger partial charge on any atom is 0.308 e. The first kappa shape index (κ1) is 20.1. The fourth-order valence-corrected chi connectivity index (χ4v) is 3.40. The molecule has 1 aliphatic rings. The lowest BCUT2D eigenvalue weighted by atomic mass is 9.97. The van der Waals surface area contributed by atoms with Crippen LogP contribution in [-0.2, 0) is 16.0 Å². The number of likely N-dealkylation sites (tertiary alicyclic amines) is 1. The van der Waals surface area contributed by atoms with Gasteiger partial charge in [0, 0.05) is 43.7 Å². The Morgan fingerprint density at radius 3 is 2.89 bits per heavy atom. The maximum absolute atomic E-state index is 11.6. The molecular formula is C19H24ClN5O3. The number of aromatic nitrogens is 2. The number of aliphatic imine (C=N–C) groups is 1. The number of carbonyl (C=O) groups is 1. The van der Waals surface area contributed by atoms with Gasteiger partial charge in [0.2, 0.25) is 11.7 Å². The molecule has 9 heteroatoms. The third-order valence-electron chi connectivity index (χ3n) is 4.71. The van der Waals surface area contributed by atoms with Gasteiger partial charge in [0.15, 0.2) is 5.96 Å². The molecule has 8 nitrogen and oxygen atoms in total. The molecule has 0 atom stereocenters. The van der Waals surface area contributed by atoms with Crippen LogP contribution >= 0.6 is 11.6 Å². The second-order valence-electron chi connectivity index (χ2n) is 6.53. The van der Waals surface area contributed by atoms with Crippen LogP contribution in [0.15, 0.2) is 33.8 Å². The third-order valence-corrected chi connectivity index (χ3v) is 4.95. The Balaban J connectivity index is 1.48. The minimum Gasteiger partial charge on any atom is -0.469 e. The molecule has 0 bridgehead atoms. The number of esters is 1. The smallest absolute Gasteiger partial charge is 0.308 e. The van der Waals surface area contributed by atoms with Crippen molar-refractivity contribution in [1.29, 1.82) is 0 Å². The quantitative estimate of drug-likeness (QED) is 0.463. The van der Waals surface area contributed by atoms with E-state index in [0.717, 1.165) is 37.5 Å². The van der Waals surface area contributed by atoms with Crippen molar-refractivity contribution >= 4 is 23.5 Å². The predicted octanol–water partition coefficient (Wildman–Crippen LogP) is 2.39. The van der Waals surface area contributed by atoms with E-state index in [-0.39, 0.29) is 11.9 Å². The zero-order valence-corrected chi connectivity index (χ0v) is 16.8. The lowest BCUT2D eigenvalue weighted by Crippen LogP contribution is -2.47. The molecule has 2 aromatic rings. The summed E-state index contributed by atoms with van der Waals surface area (Å²) in [6.07, 6.45) is 2.10. The van der Waals surface area contributed by atoms with Gasteiger partial charge < -0.3 is 19.5 Å². The monoisotopic (exact) mass is 405 g/mol. The maximum atomic E-state index is 11.6. The topological polar surface area (TPSA) is 92.9 Å². The number of ether oxygens (including phenoxy) is 1. The molecule has 0 unspecified atom stereocenters. The molecule has 1 aromatic heterocycles. The fourth-order valence-electron chi connectivity index (χ4n) is 3.21. The molecule has 1 fully saturated rings. The Morgan fingerprint density at radius 2 is 2.21 bits per heavy atom. The normalized spacial score (nSPS) is 15.5. The molecule has 0 spiro atoms. The van der Waals surface area contributed by atoms with Crippen molar-refractivity contribution in [3.8, 4) is 11.4 Å². The number of methoxy groups -OCH3 is 1. The number of nitrogens with zero attached hydrogens (tertiary/aromatic N) is 4. The fraction of sp³-hybridized carbons (Fsp3) is 0.474. The van der Waals surface area contributed by atoms with Crippen LogP contribution in [0, 0.1) is 5.92 Å².